The minimum absolute atomic E-state index is 0.0334. The van der Waals surface area contributed by atoms with Crippen LogP contribution in [0.25, 0.3) is 22.2 Å². The van der Waals surface area contributed by atoms with Gasteiger partial charge in [0.2, 0.25) is 0 Å². The summed E-state index contributed by atoms with van der Waals surface area (Å²) in [6.45, 7) is 13.5. The number of hydrogen-bond donors (Lipinski definition) is 1. The van der Waals surface area contributed by atoms with Crippen LogP contribution in [-0.4, -0.2) is 36.9 Å². The molecule has 0 bridgehead atoms. The summed E-state index contributed by atoms with van der Waals surface area (Å²) in [5, 5.41) is 6.42. The summed E-state index contributed by atoms with van der Waals surface area (Å²) in [6, 6.07) is 15.0. The highest BCUT2D eigenvalue weighted by Crippen LogP contribution is 2.44. The molecule has 1 aliphatic carbocycles. The van der Waals surface area contributed by atoms with Crippen LogP contribution in [0.2, 0.25) is 18.1 Å². The Morgan fingerprint density at radius 1 is 1.14 bits per heavy atom. The van der Waals surface area contributed by atoms with E-state index in [-0.39, 0.29) is 16.9 Å². The summed E-state index contributed by atoms with van der Waals surface area (Å²) in [5.41, 5.74) is 10.1. The summed E-state index contributed by atoms with van der Waals surface area (Å²) < 4.78 is 21.2. The zero-order valence-electron chi connectivity index (χ0n) is 23.2. The Morgan fingerprint density at radius 3 is 2.62 bits per heavy atom. The smallest absolute Gasteiger partial charge is 0.192 e. The van der Waals surface area contributed by atoms with Crippen molar-refractivity contribution >= 4 is 19.2 Å². The molecule has 2 aliphatic rings. The molecule has 2 fully saturated rings. The van der Waals surface area contributed by atoms with E-state index in [1.165, 1.54) is 5.56 Å². The normalized spacial score (nSPS) is 19.8. The molecule has 1 saturated heterocycles. The van der Waals surface area contributed by atoms with Crippen molar-refractivity contribution in [3.05, 3.63) is 48.0 Å². The molecule has 7 heteroatoms. The van der Waals surface area contributed by atoms with E-state index < -0.39 is 8.32 Å². The molecule has 3 aromatic rings. The summed E-state index contributed by atoms with van der Waals surface area (Å²) in [5.74, 6) is 0.890. The van der Waals surface area contributed by atoms with Gasteiger partial charge in [0.25, 0.3) is 0 Å². The molecular formula is C30H43N3O3Si. The summed E-state index contributed by atoms with van der Waals surface area (Å²) in [6.07, 6.45) is 6.25. The van der Waals surface area contributed by atoms with Crippen molar-refractivity contribution in [2.45, 2.75) is 95.9 Å². The van der Waals surface area contributed by atoms with Crippen molar-refractivity contribution in [2.24, 2.45) is 5.73 Å². The Hall–Kier alpha value is -2.19. The Labute approximate surface area is 222 Å². The van der Waals surface area contributed by atoms with Gasteiger partial charge < -0.3 is 19.6 Å². The van der Waals surface area contributed by atoms with E-state index in [1.807, 2.05) is 0 Å². The van der Waals surface area contributed by atoms with Gasteiger partial charge in [-0.1, -0.05) is 39.0 Å². The van der Waals surface area contributed by atoms with Crippen molar-refractivity contribution in [1.82, 2.24) is 9.78 Å². The van der Waals surface area contributed by atoms with Crippen LogP contribution >= 0.6 is 0 Å². The molecule has 5 rings (SSSR count). The van der Waals surface area contributed by atoms with Gasteiger partial charge in [0.1, 0.15) is 17.0 Å². The minimum atomic E-state index is -1.84. The van der Waals surface area contributed by atoms with Crippen LogP contribution < -0.4 is 10.5 Å². The molecule has 0 amide bonds. The molecule has 1 atom stereocenters. The van der Waals surface area contributed by atoms with Gasteiger partial charge in [0, 0.05) is 17.6 Å². The fourth-order valence-electron chi connectivity index (χ4n) is 4.88. The fraction of sp³-hybridized carbons (Fsp3) is 0.567. The molecule has 1 aliphatic heterocycles. The number of hydrogen-bond acceptors (Lipinski definition) is 5. The van der Waals surface area contributed by atoms with E-state index in [9.17, 15) is 0 Å². The topological polar surface area (TPSA) is 71.5 Å². The predicted molar refractivity (Wildman–Crippen MR) is 152 cm³/mol. The van der Waals surface area contributed by atoms with Crippen LogP contribution in [0, 0.1) is 0 Å². The molecule has 0 radical (unpaired) electrons. The molecule has 1 unspecified atom stereocenters. The zero-order valence-corrected chi connectivity index (χ0v) is 24.2. The van der Waals surface area contributed by atoms with Crippen LogP contribution in [0.1, 0.15) is 71.1 Å². The number of ether oxygens (including phenoxy) is 2. The van der Waals surface area contributed by atoms with Gasteiger partial charge in [-0.15, -0.1) is 0 Å². The quantitative estimate of drug-likeness (QED) is 0.302. The molecule has 2 N–H and O–H groups in total. The standard InChI is InChI=1S/C30H43N3O3Si/c1-29(2,3)37(4,5)35-21-22-9-8-10-23(19-22)28-25-20-24(36-30(14-15-30)16-17-31)12-13-26(25)33(32-28)27-11-6-7-18-34-27/h8-10,12-13,19-20,27H,6-7,11,14-18,21,31H2,1-5H3. The van der Waals surface area contributed by atoms with Crippen molar-refractivity contribution in [1.29, 1.82) is 0 Å². The highest BCUT2D eigenvalue weighted by molar-refractivity contribution is 6.74. The highest BCUT2D eigenvalue weighted by Gasteiger charge is 2.44. The number of nitrogens with zero attached hydrogens (tertiary/aromatic N) is 2. The van der Waals surface area contributed by atoms with Crippen LogP contribution in [0.5, 0.6) is 5.75 Å². The van der Waals surface area contributed by atoms with Gasteiger partial charge in [0.05, 0.1) is 12.1 Å². The Morgan fingerprint density at radius 2 is 1.95 bits per heavy atom. The first-order valence-corrected chi connectivity index (χ1v) is 16.8. The van der Waals surface area contributed by atoms with Crippen molar-refractivity contribution in [2.75, 3.05) is 13.2 Å². The van der Waals surface area contributed by atoms with Crippen LogP contribution in [-0.2, 0) is 15.8 Å². The SMILES string of the molecule is CC(C)(C)[Si](C)(C)OCc1cccc(-c2nn(C3CCCCO3)c3ccc(OC4(CCN)CC4)cc23)c1. The molecule has 6 nitrogen and oxygen atoms in total. The second-order valence-electron chi connectivity index (χ2n) is 12.4. The largest absolute Gasteiger partial charge is 0.487 e. The molecular weight excluding hydrogens is 478 g/mol. The van der Waals surface area contributed by atoms with E-state index in [0.717, 1.165) is 73.0 Å². The van der Waals surface area contributed by atoms with Gasteiger partial charge in [-0.3, -0.25) is 0 Å². The Kier molecular flexibility index (Phi) is 7.26. The lowest BCUT2D eigenvalue weighted by Crippen LogP contribution is -2.40. The number of nitrogens with two attached hydrogens (primary N) is 1. The Balaban J connectivity index is 1.50. The summed E-state index contributed by atoms with van der Waals surface area (Å²) in [4.78, 5) is 0. The van der Waals surface area contributed by atoms with E-state index in [0.29, 0.717) is 13.2 Å². The zero-order chi connectivity index (χ0) is 26.3. The number of benzene rings is 2. The second-order valence-corrected chi connectivity index (χ2v) is 17.2. The monoisotopic (exact) mass is 521 g/mol. The minimum Gasteiger partial charge on any atom is -0.487 e. The van der Waals surface area contributed by atoms with Crippen LogP contribution in [0.3, 0.4) is 0 Å². The fourth-order valence-corrected chi connectivity index (χ4v) is 5.84. The van der Waals surface area contributed by atoms with Gasteiger partial charge in [0.15, 0.2) is 14.5 Å². The third-order valence-corrected chi connectivity index (χ3v) is 12.9. The van der Waals surface area contributed by atoms with E-state index in [1.54, 1.807) is 0 Å². The van der Waals surface area contributed by atoms with Gasteiger partial charge >= 0.3 is 0 Å². The van der Waals surface area contributed by atoms with Gasteiger partial charge in [-0.05, 0) is 93.0 Å². The maximum absolute atomic E-state index is 6.53. The average molecular weight is 522 g/mol. The molecule has 1 aromatic heterocycles. The molecule has 200 valence electrons. The molecule has 1 saturated carbocycles. The van der Waals surface area contributed by atoms with Crippen molar-refractivity contribution in [3.63, 3.8) is 0 Å². The van der Waals surface area contributed by atoms with E-state index >= 15 is 0 Å². The van der Waals surface area contributed by atoms with Crippen molar-refractivity contribution < 1.29 is 13.9 Å². The molecule has 0 spiro atoms. The Bertz CT molecular complexity index is 1240. The first-order valence-electron chi connectivity index (χ1n) is 13.9. The van der Waals surface area contributed by atoms with E-state index in [4.69, 9.17) is 24.7 Å². The average Bonchev–Trinajstić information content (AvgIpc) is 3.51. The molecule has 2 heterocycles. The lowest BCUT2D eigenvalue weighted by Gasteiger charge is -2.36. The third-order valence-electron chi connectivity index (χ3n) is 8.45. The maximum atomic E-state index is 6.53. The van der Waals surface area contributed by atoms with Crippen LogP contribution in [0.4, 0.5) is 0 Å². The second kappa shape index (κ2) is 10.2. The number of fused-ring (bicyclic) bond motifs is 1. The van der Waals surface area contributed by atoms with Gasteiger partial charge in [-0.25, -0.2) is 4.68 Å². The number of aromatic nitrogens is 2. The lowest BCUT2D eigenvalue weighted by atomic mass is 10.0. The number of rotatable bonds is 9. The first kappa shape index (κ1) is 26.4. The molecule has 2 aromatic carbocycles. The van der Waals surface area contributed by atoms with Gasteiger partial charge in [-0.2, -0.15) is 5.10 Å². The molecule has 37 heavy (non-hydrogen) atoms. The maximum Gasteiger partial charge on any atom is 0.192 e. The van der Waals surface area contributed by atoms with Crippen molar-refractivity contribution in [3.8, 4) is 17.0 Å². The lowest BCUT2D eigenvalue weighted by molar-refractivity contribution is -0.0365. The van der Waals surface area contributed by atoms with E-state index in [2.05, 4.69) is 81.0 Å². The third kappa shape index (κ3) is 5.65. The highest BCUT2D eigenvalue weighted by atomic mass is 28.4. The predicted octanol–water partition coefficient (Wildman–Crippen LogP) is 7.18. The summed E-state index contributed by atoms with van der Waals surface area (Å²) >= 11 is 0. The summed E-state index contributed by atoms with van der Waals surface area (Å²) in [7, 11) is -1.84. The van der Waals surface area contributed by atoms with Crippen LogP contribution in [0.15, 0.2) is 42.5 Å². The first-order chi connectivity index (χ1) is 17.6.